The molecule has 0 unspecified atom stereocenters. The number of rotatable bonds is 9. The van der Waals surface area contributed by atoms with Crippen LogP contribution in [0.15, 0.2) is 47.4 Å². The Labute approximate surface area is 170 Å². The van der Waals surface area contributed by atoms with Crippen molar-refractivity contribution in [3.8, 4) is 0 Å². The van der Waals surface area contributed by atoms with Crippen LogP contribution < -0.4 is 10.0 Å². The van der Waals surface area contributed by atoms with Gasteiger partial charge in [-0.15, -0.1) is 0 Å². The van der Waals surface area contributed by atoms with E-state index in [0.717, 1.165) is 0 Å². The van der Waals surface area contributed by atoms with E-state index in [0.29, 0.717) is 12.2 Å². The lowest BCUT2D eigenvalue weighted by atomic mass is 10.1. The predicted molar refractivity (Wildman–Crippen MR) is 110 cm³/mol. The number of esters is 2. The van der Waals surface area contributed by atoms with Gasteiger partial charge in [0.2, 0.25) is 0 Å². The second-order valence-electron chi connectivity index (χ2n) is 5.86. The molecule has 0 atom stereocenters. The van der Waals surface area contributed by atoms with Crippen LogP contribution in [0, 0.1) is 0 Å². The van der Waals surface area contributed by atoms with Gasteiger partial charge in [0.15, 0.2) is 0 Å². The highest BCUT2D eigenvalue weighted by molar-refractivity contribution is 7.92. The van der Waals surface area contributed by atoms with Crippen LogP contribution in [0.2, 0.25) is 0 Å². The molecule has 29 heavy (non-hydrogen) atoms. The summed E-state index contributed by atoms with van der Waals surface area (Å²) in [5.41, 5.74) is 1.21. The van der Waals surface area contributed by atoms with Gasteiger partial charge in [0.1, 0.15) is 0 Å². The van der Waals surface area contributed by atoms with Crippen molar-refractivity contribution in [1.82, 2.24) is 0 Å². The lowest BCUT2D eigenvalue weighted by Gasteiger charge is -2.15. The minimum absolute atomic E-state index is 0.0328. The van der Waals surface area contributed by atoms with Gasteiger partial charge in [0, 0.05) is 6.54 Å². The van der Waals surface area contributed by atoms with Crippen LogP contribution in [-0.2, 0) is 19.5 Å². The van der Waals surface area contributed by atoms with E-state index >= 15 is 0 Å². The lowest BCUT2D eigenvalue weighted by Crippen LogP contribution is -2.16. The fourth-order valence-electron chi connectivity index (χ4n) is 2.50. The van der Waals surface area contributed by atoms with Gasteiger partial charge in [-0.05, 0) is 63.2 Å². The van der Waals surface area contributed by atoms with E-state index in [1.54, 1.807) is 26.0 Å². The maximum atomic E-state index is 12.8. The molecule has 0 aliphatic carbocycles. The average molecular weight is 420 g/mol. The molecule has 2 rings (SSSR count). The first-order valence-electron chi connectivity index (χ1n) is 9.17. The number of anilines is 2. The highest BCUT2D eigenvalue weighted by Gasteiger charge is 2.19. The first-order valence-corrected chi connectivity index (χ1v) is 10.7. The monoisotopic (exact) mass is 420 g/mol. The van der Waals surface area contributed by atoms with E-state index in [4.69, 9.17) is 9.47 Å². The van der Waals surface area contributed by atoms with Crippen molar-refractivity contribution in [3.63, 3.8) is 0 Å². The summed E-state index contributed by atoms with van der Waals surface area (Å²) in [5, 5.41) is 3.05. The number of hydrogen-bond acceptors (Lipinski definition) is 7. The van der Waals surface area contributed by atoms with Gasteiger partial charge in [0.25, 0.3) is 10.0 Å². The highest BCUT2D eigenvalue weighted by Crippen LogP contribution is 2.27. The predicted octanol–water partition coefficient (Wildman–Crippen LogP) is 3.27. The molecule has 0 saturated heterocycles. The molecular weight excluding hydrogens is 396 g/mol. The molecule has 0 bridgehead atoms. The molecule has 0 aliphatic rings. The van der Waals surface area contributed by atoms with Crippen LogP contribution in [0.5, 0.6) is 0 Å². The smallest absolute Gasteiger partial charge is 0.338 e. The van der Waals surface area contributed by atoms with Gasteiger partial charge < -0.3 is 14.8 Å². The van der Waals surface area contributed by atoms with E-state index < -0.39 is 22.0 Å². The van der Waals surface area contributed by atoms with E-state index in [2.05, 4.69) is 10.0 Å². The van der Waals surface area contributed by atoms with E-state index in [9.17, 15) is 18.0 Å². The standard InChI is InChI=1S/C20H24N2O6S/c1-4-21-17-12-9-15(20(24)28-6-3)13-18(17)22-29(25,26)16-10-7-14(8-11-16)19(23)27-5-2/h7-13,21-22H,4-6H2,1-3H3. The zero-order chi connectivity index (χ0) is 21.4. The van der Waals surface area contributed by atoms with Crippen LogP contribution in [0.4, 0.5) is 11.4 Å². The molecule has 156 valence electrons. The number of sulfonamides is 1. The van der Waals surface area contributed by atoms with Crippen LogP contribution >= 0.6 is 0 Å². The Morgan fingerprint density at radius 1 is 0.828 bits per heavy atom. The topological polar surface area (TPSA) is 111 Å². The Balaban J connectivity index is 2.33. The maximum Gasteiger partial charge on any atom is 0.338 e. The quantitative estimate of drug-likeness (QED) is 0.599. The second-order valence-corrected chi connectivity index (χ2v) is 7.54. The fraction of sp³-hybridized carbons (Fsp3) is 0.300. The molecule has 8 nitrogen and oxygen atoms in total. The molecule has 0 saturated carbocycles. The third kappa shape index (κ3) is 5.71. The van der Waals surface area contributed by atoms with Gasteiger partial charge in [-0.1, -0.05) is 0 Å². The number of ether oxygens (including phenoxy) is 2. The summed E-state index contributed by atoms with van der Waals surface area (Å²) >= 11 is 0. The Morgan fingerprint density at radius 3 is 1.93 bits per heavy atom. The van der Waals surface area contributed by atoms with Crippen molar-refractivity contribution in [2.24, 2.45) is 0 Å². The molecule has 9 heteroatoms. The number of hydrogen-bond donors (Lipinski definition) is 2. The zero-order valence-electron chi connectivity index (χ0n) is 16.5. The fourth-order valence-corrected chi connectivity index (χ4v) is 3.57. The van der Waals surface area contributed by atoms with Crippen molar-refractivity contribution in [3.05, 3.63) is 53.6 Å². The molecule has 2 aromatic carbocycles. The Kier molecular flexibility index (Phi) is 7.60. The highest BCUT2D eigenvalue weighted by atomic mass is 32.2. The summed E-state index contributed by atoms with van der Waals surface area (Å²) in [5.74, 6) is -1.07. The van der Waals surface area contributed by atoms with Crippen LogP contribution in [0.25, 0.3) is 0 Å². The third-order valence-corrected chi connectivity index (χ3v) is 5.20. The zero-order valence-corrected chi connectivity index (χ0v) is 17.3. The summed E-state index contributed by atoms with van der Waals surface area (Å²) < 4.78 is 37.9. The van der Waals surface area contributed by atoms with Gasteiger partial charge in [-0.3, -0.25) is 4.72 Å². The number of carbonyl (C=O) groups excluding carboxylic acids is 2. The second kappa shape index (κ2) is 9.92. The van der Waals surface area contributed by atoms with Crippen LogP contribution in [0.3, 0.4) is 0 Å². The first kappa shape index (κ1) is 22.2. The molecule has 0 heterocycles. The normalized spacial score (nSPS) is 10.9. The summed E-state index contributed by atoms with van der Waals surface area (Å²) in [7, 11) is -3.96. The molecular formula is C20H24N2O6S. The van der Waals surface area contributed by atoms with Crippen molar-refractivity contribution >= 4 is 33.3 Å². The van der Waals surface area contributed by atoms with Gasteiger partial charge in [-0.25, -0.2) is 18.0 Å². The van der Waals surface area contributed by atoms with Gasteiger partial charge in [-0.2, -0.15) is 0 Å². The number of carbonyl (C=O) groups is 2. The third-order valence-electron chi connectivity index (χ3n) is 3.82. The Hall–Kier alpha value is -3.07. The molecule has 2 aromatic rings. The van der Waals surface area contributed by atoms with Crippen molar-refractivity contribution < 1.29 is 27.5 Å². The molecule has 2 N–H and O–H groups in total. The summed E-state index contributed by atoms with van der Waals surface area (Å²) in [6.45, 7) is 6.24. The van der Waals surface area contributed by atoms with E-state index in [-0.39, 0.29) is 34.9 Å². The molecule has 0 radical (unpaired) electrons. The summed E-state index contributed by atoms with van der Waals surface area (Å²) in [4.78, 5) is 23.7. The molecule has 0 spiro atoms. The largest absolute Gasteiger partial charge is 0.462 e. The molecule has 0 fully saturated rings. The minimum atomic E-state index is -3.96. The SMILES string of the molecule is CCNc1ccc(C(=O)OCC)cc1NS(=O)(=O)c1ccc(C(=O)OCC)cc1. The van der Waals surface area contributed by atoms with Gasteiger partial charge in [0.05, 0.1) is 40.6 Å². The molecule has 0 amide bonds. The molecule has 0 aromatic heterocycles. The minimum Gasteiger partial charge on any atom is -0.462 e. The van der Waals surface area contributed by atoms with E-state index in [1.165, 1.54) is 30.3 Å². The van der Waals surface area contributed by atoms with Crippen molar-refractivity contribution in [1.29, 1.82) is 0 Å². The van der Waals surface area contributed by atoms with E-state index in [1.807, 2.05) is 6.92 Å². The number of benzene rings is 2. The maximum absolute atomic E-state index is 12.8. The van der Waals surface area contributed by atoms with Crippen LogP contribution in [0.1, 0.15) is 41.5 Å². The lowest BCUT2D eigenvalue weighted by molar-refractivity contribution is 0.0517. The Bertz CT molecular complexity index is 971. The summed E-state index contributed by atoms with van der Waals surface area (Å²) in [6.07, 6.45) is 0. The van der Waals surface area contributed by atoms with Gasteiger partial charge >= 0.3 is 11.9 Å². The average Bonchev–Trinajstić information content (AvgIpc) is 2.69. The van der Waals surface area contributed by atoms with Crippen LogP contribution in [-0.4, -0.2) is 40.1 Å². The van der Waals surface area contributed by atoms with Crippen molar-refractivity contribution in [2.75, 3.05) is 29.8 Å². The first-order chi connectivity index (χ1) is 13.8. The van der Waals surface area contributed by atoms with Crippen molar-refractivity contribution in [2.45, 2.75) is 25.7 Å². The molecule has 0 aliphatic heterocycles. The number of nitrogens with one attached hydrogen (secondary N) is 2. The summed E-state index contributed by atoms with van der Waals surface area (Å²) in [6, 6.07) is 9.98. The Morgan fingerprint density at radius 2 is 1.38 bits per heavy atom.